The fraction of sp³-hybridized carbons (Fsp3) is 0.647. The fourth-order valence-electron chi connectivity index (χ4n) is 3.23. The average molecular weight is 339 g/mol. The van der Waals surface area contributed by atoms with Crippen LogP contribution in [-0.2, 0) is 0 Å². The highest BCUT2D eigenvalue weighted by atomic mass is 79.9. The van der Waals surface area contributed by atoms with Gasteiger partial charge in [-0.2, -0.15) is 0 Å². The van der Waals surface area contributed by atoms with Crippen LogP contribution in [-0.4, -0.2) is 25.2 Å². The summed E-state index contributed by atoms with van der Waals surface area (Å²) in [6.45, 7) is 11.4. The summed E-state index contributed by atoms with van der Waals surface area (Å²) in [7, 11) is 0. The van der Waals surface area contributed by atoms with E-state index in [1.54, 1.807) is 0 Å². The Morgan fingerprint density at radius 2 is 2.05 bits per heavy atom. The lowest BCUT2D eigenvalue weighted by Gasteiger charge is -2.44. The molecule has 112 valence electrons. The molecule has 0 radical (unpaired) electrons. The van der Waals surface area contributed by atoms with Gasteiger partial charge in [0.1, 0.15) is 0 Å². The largest absolute Gasteiger partial charge is 0.368 e. The number of rotatable bonds is 4. The third-order valence-corrected chi connectivity index (χ3v) is 5.04. The molecular weight excluding hydrogens is 312 g/mol. The van der Waals surface area contributed by atoms with Gasteiger partial charge < -0.3 is 10.2 Å². The van der Waals surface area contributed by atoms with Gasteiger partial charge in [0.05, 0.1) is 0 Å². The molecule has 3 unspecified atom stereocenters. The average Bonchev–Trinajstić information content (AvgIpc) is 2.39. The van der Waals surface area contributed by atoms with Gasteiger partial charge in [-0.3, -0.25) is 0 Å². The molecule has 0 aromatic heterocycles. The van der Waals surface area contributed by atoms with E-state index in [-0.39, 0.29) is 0 Å². The highest BCUT2D eigenvalue weighted by Gasteiger charge is 2.32. The zero-order valence-electron chi connectivity index (χ0n) is 13.1. The van der Waals surface area contributed by atoms with Crippen LogP contribution < -0.4 is 10.2 Å². The van der Waals surface area contributed by atoms with Crippen LogP contribution in [0.4, 0.5) is 5.69 Å². The number of anilines is 1. The fourth-order valence-corrected chi connectivity index (χ4v) is 3.83. The standard InChI is InChI=1S/C17H27BrN2/c1-5-7-19-17-6-8-20(14(4)13(17)3)16-10-12(2)9-15(18)11-16/h9-11,13-14,17,19H,5-8H2,1-4H3. The van der Waals surface area contributed by atoms with Crippen molar-refractivity contribution in [1.82, 2.24) is 5.32 Å². The van der Waals surface area contributed by atoms with Crippen LogP contribution in [0.25, 0.3) is 0 Å². The predicted molar refractivity (Wildman–Crippen MR) is 91.5 cm³/mol. The Morgan fingerprint density at radius 1 is 1.30 bits per heavy atom. The minimum Gasteiger partial charge on any atom is -0.368 e. The van der Waals surface area contributed by atoms with Crippen molar-refractivity contribution in [2.45, 2.75) is 52.6 Å². The Morgan fingerprint density at radius 3 is 2.70 bits per heavy atom. The molecule has 0 amide bonds. The monoisotopic (exact) mass is 338 g/mol. The van der Waals surface area contributed by atoms with E-state index in [1.165, 1.54) is 28.6 Å². The molecule has 2 rings (SSSR count). The van der Waals surface area contributed by atoms with E-state index in [0.717, 1.165) is 13.1 Å². The molecule has 1 fully saturated rings. The van der Waals surface area contributed by atoms with E-state index in [4.69, 9.17) is 0 Å². The number of benzene rings is 1. The second-order valence-electron chi connectivity index (χ2n) is 6.13. The van der Waals surface area contributed by atoms with Crippen LogP contribution in [0.2, 0.25) is 0 Å². The maximum atomic E-state index is 3.71. The first-order valence-corrected chi connectivity index (χ1v) is 8.59. The molecule has 1 aromatic carbocycles. The number of aryl methyl sites for hydroxylation is 1. The summed E-state index contributed by atoms with van der Waals surface area (Å²) in [6.07, 6.45) is 2.45. The van der Waals surface area contributed by atoms with E-state index in [0.29, 0.717) is 18.0 Å². The van der Waals surface area contributed by atoms with Crippen molar-refractivity contribution in [1.29, 1.82) is 0 Å². The number of nitrogens with zero attached hydrogens (tertiary/aromatic N) is 1. The van der Waals surface area contributed by atoms with E-state index in [2.05, 4.69) is 72.0 Å². The number of hydrogen-bond acceptors (Lipinski definition) is 2. The molecule has 1 aromatic rings. The molecule has 0 bridgehead atoms. The van der Waals surface area contributed by atoms with Crippen molar-refractivity contribution >= 4 is 21.6 Å². The summed E-state index contributed by atoms with van der Waals surface area (Å²) in [4.78, 5) is 2.56. The summed E-state index contributed by atoms with van der Waals surface area (Å²) in [5, 5.41) is 3.71. The molecule has 1 aliphatic heterocycles. The van der Waals surface area contributed by atoms with Gasteiger partial charge in [0.15, 0.2) is 0 Å². The Balaban J connectivity index is 2.11. The highest BCUT2D eigenvalue weighted by molar-refractivity contribution is 9.10. The quantitative estimate of drug-likeness (QED) is 0.877. The molecule has 0 aliphatic carbocycles. The van der Waals surface area contributed by atoms with Gasteiger partial charge in [0.25, 0.3) is 0 Å². The van der Waals surface area contributed by atoms with Crippen LogP contribution in [0.3, 0.4) is 0 Å². The van der Waals surface area contributed by atoms with Crippen molar-refractivity contribution in [2.75, 3.05) is 18.0 Å². The first kappa shape index (κ1) is 15.8. The van der Waals surface area contributed by atoms with E-state index in [9.17, 15) is 0 Å². The lowest BCUT2D eigenvalue weighted by molar-refractivity contribution is 0.271. The van der Waals surface area contributed by atoms with Gasteiger partial charge in [-0.1, -0.05) is 29.8 Å². The maximum Gasteiger partial charge on any atom is 0.0382 e. The second-order valence-corrected chi connectivity index (χ2v) is 7.04. The molecule has 20 heavy (non-hydrogen) atoms. The lowest BCUT2D eigenvalue weighted by atomic mass is 9.86. The minimum atomic E-state index is 0.576. The van der Waals surface area contributed by atoms with Crippen molar-refractivity contribution in [3.63, 3.8) is 0 Å². The normalized spacial score (nSPS) is 26.9. The summed E-state index contributed by atoms with van der Waals surface area (Å²) < 4.78 is 1.18. The van der Waals surface area contributed by atoms with Gasteiger partial charge in [0, 0.05) is 28.8 Å². The Bertz CT molecular complexity index is 426. The highest BCUT2D eigenvalue weighted by Crippen LogP contribution is 2.31. The molecule has 1 saturated heterocycles. The first-order valence-electron chi connectivity index (χ1n) is 7.80. The SMILES string of the molecule is CCCNC1CCN(c2cc(C)cc(Br)c2)C(C)C1C. The summed E-state index contributed by atoms with van der Waals surface area (Å²) in [5.74, 6) is 0.676. The van der Waals surface area contributed by atoms with Gasteiger partial charge in [-0.05, 0) is 62.9 Å². The number of nitrogens with one attached hydrogen (secondary N) is 1. The number of halogens is 1. The van der Waals surface area contributed by atoms with Crippen LogP contribution in [0.15, 0.2) is 22.7 Å². The van der Waals surface area contributed by atoms with Crippen LogP contribution in [0.5, 0.6) is 0 Å². The molecule has 1 N–H and O–H groups in total. The Kier molecular flexibility index (Phi) is 5.50. The molecule has 1 heterocycles. The van der Waals surface area contributed by atoms with Crippen molar-refractivity contribution in [2.24, 2.45) is 5.92 Å². The smallest absolute Gasteiger partial charge is 0.0382 e. The maximum absolute atomic E-state index is 3.71. The van der Waals surface area contributed by atoms with E-state index < -0.39 is 0 Å². The molecule has 3 atom stereocenters. The summed E-state index contributed by atoms with van der Waals surface area (Å²) >= 11 is 3.62. The Labute approximate surface area is 132 Å². The lowest BCUT2D eigenvalue weighted by Crippen LogP contribution is -2.53. The molecular formula is C17H27BrN2. The second kappa shape index (κ2) is 6.95. The van der Waals surface area contributed by atoms with Crippen LogP contribution in [0.1, 0.15) is 39.2 Å². The van der Waals surface area contributed by atoms with Crippen LogP contribution >= 0.6 is 15.9 Å². The predicted octanol–water partition coefficient (Wildman–Crippen LogP) is 4.36. The molecule has 0 saturated carbocycles. The minimum absolute atomic E-state index is 0.576. The van der Waals surface area contributed by atoms with Crippen molar-refractivity contribution in [3.05, 3.63) is 28.2 Å². The van der Waals surface area contributed by atoms with Gasteiger partial charge in [-0.25, -0.2) is 0 Å². The molecule has 2 nitrogen and oxygen atoms in total. The molecule has 3 heteroatoms. The van der Waals surface area contributed by atoms with Gasteiger partial charge in [-0.15, -0.1) is 0 Å². The third-order valence-electron chi connectivity index (χ3n) is 4.58. The van der Waals surface area contributed by atoms with Crippen molar-refractivity contribution in [3.8, 4) is 0 Å². The zero-order valence-corrected chi connectivity index (χ0v) is 14.7. The van der Waals surface area contributed by atoms with E-state index in [1.807, 2.05) is 0 Å². The van der Waals surface area contributed by atoms with Gasteiger partial charge in [0.2, 0.25) is 0 Å². The van der Waals surface area contributed by atoms with E-state index >= 15 is 0 Å². The molecule has 1 aliphatic rings. The summed E-state index contributed by atoms with van der Waals surface area (Å²) in [5.41, 5.74) is 2.67. The number of hydrogen-bond donors (Lipinski definition) is 1. The number of piperidine rings is 1. The first-order chi connectivity index (χ1) is 9.52. The Hall–Kier alpha value is -0.540. The molecule has 0 spiro atoms. The van der Waals surface area contributed by atoms with Crippen LogP contribution in [0, 0.1) is 12.8 Å². The topological polar surface area (TPSA) is 15.3 Å². The zero-order chi connectivity index (χ0) is 14.7. The summed E-state index contributed by atoms with van der Waals surface area (Å²) in [6, 6.07) is 7.96. The van der Waals surface area contributed by atoms with Gasteiger partial charge >= 0.3 is 0 Å². The third kappa shape index (κ3) is 3.56. The van der Waals surface area contributed by atoms with Crippen molar-refractivity contribution < 1.29 is 0 Å².